The maximum absolute atomic E-state index is 12.0. The third kappa shape index (κ3) is 3.24. The summed E-state index contributed by atoms with van der Waals surface area (Å²) in [5.41, 5.74) is 8.45. The van der Waals surface area contributed by atoms with E-state index in [1.165, 1.54) is 11.9 Å². The predicted molar refractivity (Wildman–Crippen MR) is 101 cm³/mol. The van der Waals surface area contributed by atoms with Gasteiger partial charge in [-0.05, 0) is 47.7 Å². The predicted octanol–water partition coefficient (Wildman–Crippen LogP) is 4.67. The largest absolute Gasteiger partial charge is 0.465 e. The van der Waals surface area contributed by atoms with E-state index >= 15 is 0 Å². The molecule has 0 aromatic heterocycles. The van der Waals surface area contributed by atoms with Gasteiger partial charge in [0.15, 0.2) is 0 Å². The smallest absolute Gasteiger partial charge is 0.407 e. The highest BCUT2D eigenvalue weighted by molar-refractivity contribution is 6.42. The zero-order chi connectivity index (χ0) is 19.0. The van der Waals surface area contributed by atoms with Crippen molar-refractivity contribution < 1.29 is 14.7 Å². The molecule has 3 rings (SSSR count). The third-order valence-corrected chi connectivity index (χ3v) is 5.70. The molecule has 2 atom stereocenters. The Morgan fingerprint density at radius 3 is 2.50 bits per heavy atom. The molecule has 0 radical (unpaired) electrons. The number of benzene rings is 2. The van der Waals surface area contributed by atoms with Crippen molar-refractivity contribution in [3.8, 4) is 0 Å². The topological polar surface area (TPSA) is 83.6 Å². The van der Waals surface area contributed by atoms with Gasteiger partial charge in [-0.3, -0.25) is 4.79 Å². The van der Waals surface area contributed by atoms with Crippen molar-refractivity contribution in [2.75, 3.05) is 7.05 Å². The Kier molecular flexibility index (Phi) is 5.12. The Bertz CT molecular complexity index is 885. The number of carbonyl (C=O) groups is 2. The highest BCUT2D eigenvalue weighted by Crippen LogP contribution is 2.45. The van der Waals surface area contributed by atoms with Gasteiger partial charge >= 0.3 is 6.09 Å². The Labute approximate surface area is 161 Å². The molecule has 3 N–H and O–H groups in total. The first-order chi connectivity index (χ1) is 12.3. The molecule has 5 nitrogen and oxygen atoms in total. The number of nitrogens with two attached hydrogens (primary N) is 1. The molecule has 0 bridgehead atoms. The summed E-state index contributed by atoms with van der Waals surface area (Å²) in [5, 5.41) is 10.3. The molecule has 2 aromatic rings. The number of rotatable bonds is 3. The lowest BCUT2D eigenvalue weighted by molar-refractivity contribution is 0.0991. The molecule has 0 aliphatic heterocycles. The first-order valence-electron chi connectivity index (χ1n) is 8.14. The van der Waals surface area contributed by atoms with Crippen LogP contribution in [0.3, 0.4) is 0 Å². The second kappa shape index (κ2) is 7.17. The van der Waals surface area contributed by atoms with Gasteiger partial charge in [0.2, 0.25) is 5.91 Å². The maximum atomic E-state index is 12.0. The van der Waals surface area contributed by atoms with Crippen LogP contribution in [0, 0.1) is 0 Å². The molecule has 1 aliphatic carbocycles. The van der Waals surface area contributed by atoms with Crippen molar-refractivity contribution in [3.05, 3.63) is 68.7 Å². The fourth-order valence-corrected chi connectivity index (χ4v) is 4.00. The van der Waals surface area contributed by atoms with Crippen LogP contribution < -0.4 is 5.73 Å². The van der Waals surface area contributed by atoms with Gasteiger partial charge in [-0.15, -0.1) is 0 Å². The lowest BCUT2D eigenvalue weighted by atomic mass is 9.74. The molecule has 1 aliphatic rings. The monoisotopic (exact) mass is 392 g/mol. The molecule has 2 amide bonds. The van der Waals surface area contributed by atoms with Gasteiger partial charge in [-0.2, -0.15) is 0 Å². The van der Waals surface area contributed by atoms with Gasteiger partial charge in [0.25, 0.3) is 0 Å². The van der Waals surface area contributed by atoms with Crippen LogP contribution >= 0.6 is 23.2 Å². The van der Waals surface area contributed by atoms with Gasteiger partial charge in [0.05, 0.1) is 16.1 Å². The van der Waals surface area contributed by atoms with Gasteiger partial charge in [0.1, 0.15) is 0 Å². The zero-order valence-electron chi connectivity index (χ0n) is 14.1. The van der Waals surface area contributed by atoms with Gasteiger partial charge in [-0.25, -0.2) is 4.79 Å². The summed E-state index contributed by atoms with van der Waals surface area (Å²) in [6, 6.07) is 10.4. The Morgan fingerprint density at radius 1 is 1.15 bits per heavy atom. The van der Waals surface area contributed by atoms with E-state index in [9.17, 15) is 14.7 Å². The summed E-state index contributed by atoms with van der Waals surface area (Å²) in [6.07, 6.45) is 0.244. The second-order valence-electron chi connectivity index (χ2n) is 6.39. The van der Waals surface area contributed by atoms with Crippen molar-refractivity contribution >= 4 is 35.2 Å². The Hall–Kier alpha value is -2.24. The summed E-state index contributed by atoms with van der Waals surface area (Å²) >= 11 is 12.2. The number of carbonyl (C=O) groups excluding carboxylic acids is 1. The van der Waals surface area contributed by atoms with E-state index in [2.05, 4.69) is 0 Å². The van der Waals surface area contributed by atoms with E-state index in [1.807, 2.05) is 18.2 Å². The molecule has 26 heavy (non-hydrogen) atoms. The highest BCUT2D eigenvalue weighted by Gasteiger charge is 2.35. The molecule has 0 unspecified atom stereocenters. The SMILES string of the molecule is CN(C(=O)O)[C@H]1CC[C@@H](c2ccc(Cl)c(Cl)c2)c2cccc(C(N)=O)c21. The minimum absolute atomic E-state index is 0.0162. The van der Waals surface area contributed by atoms with Crippen LogP contribution in [-0.4, -0.2) is 29.1 Å². The van der Waals surface area contributed by atoms with E-state index in [-0.39, 0.29) is 5.92 Å². The van der Waals surface area contributed by atoms with Crippen molar-refractivity contribution in [1.82, 2.24) is 4.90 Å². The van der Waals surface area contributed by atoms with E-state index in [4.69, 9.17) is 28.9 Å². The first-order valence-corrected chi connectivity index (χ1v) is 8.90. The molecule has 2 aromatic carbocycles. The highest BCUT2D eigenvalue weighted by atomic mass is 35.5. The van der Waals surface area contributed by atoms with Crippen molar-refractivity contribution in [3.63, 3.8) is 0 Å². The van der Waals surface area contributed by atoms with Gasteiger partial charge in [-0.1, -0.05) is 41.4 Å². The van der Waals surface area contributed by atoms with Crippen molar-refractivity contribution in [2.24, 2.45) is 5.73 Å². The molecule has 0 saturated heterocycles. The van der Waals surface area contributed by atoms with E-state index in [0.717, 1.165) is 17.5 Å². The van der Waals surface area contributed by atoms with E-state index in [1.54, 1.807) is 18.2 Å². The quantitative estimate of drug-likeness (QED) is 0.795. The minimum atomic E-state index is -1.05. The molecular weight excluding hydrogens is 375 g/mol. The number of carboxylic acid groups (broad SMARTS) is 1. The number of halogens is 2. The van der Waals surface area contributed by atoms with E-state index in [0.29, 0.717) is 27.6 Å². The number of fused-ring (bicyclic) bond motifs is 1. The minimum Gasteiger partial charge on any atom is -0.465 e. The van der Waals surface area contributed by atoms with E-state index < -0.39 is 18.0 Å². The molecule has 136 valence electrons. The Balaban J connectivity index is 2.17. The lowest BCUT2D eigenvalue weighted by Gasteiger charge is -2.37. The number of amides is 2. The lowest BCUT2D eigenvalue weighted by Crippen LogP contribution is -2.35. The fourth-order valence-electron chi connectivity index (χ4n) is 3.69. The molecule has 7 heteroatoms. The average Bonchev–Trinajstić information content (AvgIpc) is 2.61. The molecular formula is C19H18Cl2N2O3. The molecule has 0 spiro atoms. The Morgan fingerprint density at radius 2 is 1.88 bits per heavy atom. The summed E-state index contributed by atoms with van der Waals surface area (Å²) in [4.78, 5) is 24.7. The van der Waals surface area contributed by atoms with Crippen LogP contribution in [-0.2, 0) is 0 Å². The summed E-state index contributed by atoms with van der Waals surface area (Å²) < 4.78 is 0. The average molecular weight is 393 g/mol. The first kappa shape index (κ1) is 18.5. The standard InChI is InChI=1S/C19H18Cl2N2O3/c1-23(19(25)26)16-8-6-11(10-5-7-14(20)15(21)9-10)12-3-2-4-13(17(12)16)18(22)24/h2-5,7,9,11,16H,6,8H2,1H3,(H2,22,24)(H,25,26)/t11-,16-/m0/s1. The number of hydrogen-bond donors (Lipinski definition) is 2. The van der Waals surface area contributed by atoms with Gasteiger partial charge in [0, 0.05) is 18.5 Å². The van der Waals surface area contributed by atoms with Crippen molar-refractivity contribution in [1.29, 1.82) is 0 Å². The fraction of sp³-hybridized carbons (Fsp3) is 0.263. The molecule has 0 fully saturated rings. The van der Waals surface area contributed by atoms with Crippen LogP contribution in [0.25, 0.3) is 0 Å². The van der Waals surface area contributed by atoms with Crippen LogP contribution in [0.2, 0.25) is 10.0 Å². The van der Waals surface area contributed by atoms with Gasteiger partial charge < -0.3 is 15.7 Å². The zero-order valence-corrected chi connectivity index (χ0v) is 15.6. The number of primary amides is 1. The number of hydrogen-bond acceptors (Lipinski definition) is 2. The second-order valence-corrected chi connectivity index (χ2v) is 7.20. The summed E-state index contributed by atoms with van der Waals surface area (Å²) in [7, 11) is 1.51. The third-order valence-electron chi connectivity index (χ3n) is 4.96. The van der Waals surface area contributed by atoms with Crippen LogP contribution in [0.4, 0.5) is 4.79 Å². The maximum Gasteiger partial charge on any atom is 0.407 e. The summed E-state index contributed by atoms with van der Waals surface area (Å²) in [6.45, 7) is 0. The summed E-state index contributed by atoms with van der Waals surface area (Å²) in [5.74, 6) is -0.585. The van der Waals surface area contributed by atoms with Crippen LogP contribution in [0.1, 0.15) is 51.8 Å². The molecule has 0 saturated carbocycles. The van der Waals surface area contributed by atoms with Crippen molar-refractivity contribution in [2.45, 2.75) is 24.8 Å². The molecule has 0 heterocycles. The number of nitrogens with zero attached hydrogens (tertiary/aromatic N) is 1. The van der Waals surface area contributed by atoms with Crippen LogP contribution in [0.15, 0.2) is 36.4 Å². The van der Waals surface area contributed by atoms with Crippen LogP contribution in [0.5, 0.6) is 0 Å². The normalized spacial score (nSPS) is 18.9.